The first kappa shape index (κ1) is 11.0. The number of aliphatic hydroxyl groups is 1. The lowest BCUT2D eigenvalue weighted by Crippen LogP contribution is -2.42. The highest BCUT2D eigenvalue weighted by molar-refractivity contribution is 5.25. The zero-order chi connectivity index (χ0) is 11.6. The van der Waals surface area contributed by atoms with Gasteiger partial charge in [-0.2, -0.15) is 0 Å². The highest BCUT2D eigenvalue weighted by Crippen LogP contribution is 2.69. The topological polar surface area (TPSA) is 32.8 Å². The van der Waals surface area contributed by atoms with E-state index in [-0.39, 0.29) is 23.2 Å². The van der Waals surface area contributed by atoms with Crippen molar-refractivity contribution in [3.05, 3.63) is 0 Å². The van der Waals surface area contributed by atoms with Gasteiger partial charge in [0.05, 0.1) is 6.10 Å². The van der Waals surface area contributed by atoms with Crippen LogP contribution in [0.5, 0.6) is 0 Å². The summed E-state index contributed by atoms with van der Waals surface area (Å²) in [6, 6.07) is 0. The molecule has 5 atom stereocenters. The molecule has 1 heterocycles. The molecule has 0 unspecified atom stereocenters. The lowest BCUT2D eigenvalue weighted by Gasteiger charge is -2.41. The van der Waals surface area contributed by atoms with Crippen molar-refractivity contribution in [1.82, 2.24) is 0 Å². The smallest absolute Gasteiger partial charge is 0.114 e. The largest absolute Gasteiger partial charge is 0.390 e. The number of hydrogen-bond donors (Lipinski definition) is 1. The normalized spacial score (nSPS) is 55.7. The summed E-state index contributed by atoms with van der Waals surface area (Å²) in [6.45, 7) is 6.88. The van der Waals surface area contributed by atoms with Gasteiger partial charge in [-0.05, 0) is 24.7 Å². The van der Waals surface area contributed by atoms with E-state index in [4.69, 9.17) is 4.74 Å². The van der Waals surface area contributed by atoms with Crippen LogP contribution in [-0.2, 0) is 4.74 Å². The number of rotatable bonds is 1. The molecule has 0 amide bonds. The molecule has 0 aromatic heterocycles. The third-order valence-corrected chi connectivity index (χ3v) is 5.58. The first-order valence-corrected chi connectivity index (χ1v) is 6.89. The van der Waals surface area contributed by atoms with Gasteiger partial charge in [0.2, 0.25) is 0 Å². The Morgan fingerprint density at radius 1 is 1.19 bits per heavy atom. The summed E-state index contributed by atoms with van der Waals surface area (Å²) in [4.78, 5) is 0. The van der Waals surface area contributed by atoms with Crippen LogP contribution in [0.4, 0.5) is 0 Å². The Labute approximate surface area is 98.4 Å². The molecule has 1 N–H and O–H groups in total. The maximum absolute atomic E-state index is 10.4. The van der Waals surface area contributed by atoms with E-state index in [0.29, 0.717) is 11.8 Å². The molecule has 2 saturated carbocycles. The van der Waals surface area contributed by atoms with Gasteiger partial charge in [0, 0.05) is 5.41 Å². The second-order valence-electron chi connectivity index (χ2n) is 6.67. The molecule has 3 rings (SSSR count). The van der Waals surface area contributed by atoms with Crippen LogP contribution in [0.1, 0.15) is 52.9 Å². The van der Waals surface area contributed by atoms with Crippen LogP contribution in [0.3, 0.4) is 0 Å². The molecule has 0 bridgehead atoms. The van der Waals surface area contributed by atoms with E-state index in [9.17, 15) is 5.11 Å². The molecule has 1 saturated heterocycles. The van der Waals surface area contributed by atoms with Crippen LogP contribution < -0.4 is 0 Å². The molecule has 0 radical (unpaired) electrons. The highest BCUT2D eigenvalue weighted by atomic mass is 16.6. The van der Waals surface area contributed by atoms with Gasteiger partial charge in [0.1, 0.15) is 11.7 Å². The molecule has 0 aromatic carbocycles. The van der Waals surface area contributed by atoms with Crippen molar-refractivity contribution in [2.24, 2.45) is 17.3 Å². The van der Waals surface area contributed by atoms with Gasteiger partial charge in [0.25, 0.3) is 0 Å². The van der Waals surface area contributed by atoms with Crippen LogP contribution in [0.15, 0.2) is 0 Å². The quantitative estimate of drug-likeness (QED) is 0.695. The Bertz CT molecular complexity index is 301. The maximum Gasteiger partial charge on any atom is 0.114 e. The number of ether oxygens (including phenoxy) is 1. The van der Waals surface area contributed by atoms with Gasteiger partial charge in [-0.15, -0.1) is 0 Å². The Hall–Kier alpha value is -0.0800. The van der Waals surface area contributed by atoms with E-state index >= 15 is 0 Å². The van der Waals surface area contributed by atoms with Crippen molar-refractivity contribution < 1.29 is 9.84 Å². The van der Waals surface area contributed by atoms with Crippen LogP contribution in [0, 0.1) is 17.3 Å². The number of epoxide rings is 1. The van der Waals surface area contributed by atoms with Crippen LogP contribution in [0.2, 0.25) is 0 Å². The molecule has 3 fully saturated rings. The Balaban J connectivity index is 1.99. The zero-order valence-electron chi connectivity index (χ0n) is 10.7. The minimum atomic E-state index is -0.219. The van der Waals surface area contributed by atoms with E-state index in [1.807, 2.05) is 0 Å². The highest BCUT2D eigenvalue weighted by Gasteiger charge is 2.78. The zero-order valence-corrected chi connectivity index (χ0v) is 10.7. The summed E-state index contributed by atoms with van der Waals surface area (Å²) >= 11 is 0. The summed E-state index contributed by atoms with van der Waals surface area (Å²) in [5.41, 5.74) is 0.277. The fourth-order valence-corrected chi connectivity index (χ4v) is 4.90. The van der Waals surface area contributed by atoms with E-state index in [0.717, 1.165) is 0 Å². The Morgan fingerprint density at radius 2 is 1.88 bits per heavy atom. The minimum Gasteiger partial charge on any atom is -0.390 e. The second-order valence-corrected chi connectivity index (χ2v) is 6.67. The van der Waals surface area contributed by atoms with Crippen LogP contribution in [0.25, 0.3) is 0 Å². The average molecular weight is 224 g/mol. The maximum atomic E-state index is 10.4. The molecule has 2 heteroatoms. The lowest BCUT2D eigenvalue weighted by molar-refractivity contribution is -0.0497. The predicted octanol–water partition coefficient (Wildman–Crippen LogP) is 2.74. The Morgan fingerprint density at radius 3 is 2.56 bits per heavy atom. The summed E-state index contributed by atoms with van der Waals surface area (Å²) < 4.78 is 5.97. The lowest BCUT2D eigenvalue weighted by atomic mass is 9.65. The molecule has 1 aliphatic heterocycles. The van der Waals surface area contributed by atoms with Crippen LogP contribution in [-0.4, -0.2) is 22.9 Å². The van der Waals surface area contributed by atoms with Crippen molar-refractivity contribution in [3.8, 4) is 0 Å². The molecule has 2 nitrogen and oxygen atoms in total. The van der Waals surface area contributed by atoms with Crippen LogP contribution >= 0.6 is 0 Å². The van der Waals surface area contributed by atoms with Gasteiger partial charge in [-0.3, -0.25) is 0 Å². The van der Waals surface area contributed by atoms with E-state index < -0.39 is 0 Å². The molecular formula is C14H24O2. The minimum absolute atomic E-state index is 0.0534. The Kier molecular flexibility index (Phi) is 2.23. The molecule has 92 valence electrons. The van der Waals surface area contributed by atoms with Gasteiger partial charge in [-0.25, -0.2) is 0 Å². The molecular weight excluding hydrogens is 200 g/mol. The first-order chi connectivity index (χ1) is 7.53. The summed E-state index contributed by atoms with van der Waals surface area (Å²) in [6.07, 6.45) is 6.28. The monoisotopic (exact) mass is 224 g/mol. The van der Waals surface area contributed by atoms with Crippen molar-refractivity contribution in [1.29, 1.82) is 0 Å². The fourth-order valence-electron chi connectivity index (χ4n) is 4.90. The predicted molar refractivity (Wildman–Crippen MR) is 63.1 cm³/mol. The van der Waals surface area contributed by atoms with Crippen molar-refractivity contribution in [2.45, 2.75) is 70.7 Å². The third-order valence-electron chi connectivity index (χ3n) is 5.58. The number of aliphatic hydroxyl groups excluding tert-OH is 1. The van der Waals surface area contributed by atoms with Gasteiger partial charge >= 0.3 is 0 Å². The van der Waals surface area contributed by atoms with Crippen molar-refractivity contribution in [2.75, 3.05) is 0 Å². The van der Waals surface area contributed by atoms with Crippen molar-refractivity contribution >= 4 is 0 Å². The average Bonchev–Trinajstić information content (AvgIpc) is 2.91. The van der Waals surface area contributed by atoms with E-state index in [2.05, 4.69) is 20.8 Å². The SMILES string of the molecule is CC(C)[C@H]1[C@H](O)[C@@H]2O[C@@]23CCCCC[C@]13C. The molecule has 0 aromatic rings. The van der Waals surface area contributed by atoms with Gasteiger partial charge < -0.3 is 9.84 Å². The standard InChI is InChI=1S/C14H24O2/c1-9(2)10-11(15)12-14(16-12)8-6-4-5-7-13(10,14)3/h9-12,15H,4-8H2,1-3H3/t10-,11-,12-,13+,14-/m0/s1. The van der Waals surface area contributed by atoms with E-state index in [1.54, 1.807) is 0 Å². The first-order valence-electron chi connectivity index (χ1n) is 6.89. The van der Waals surface area contributed by atoms with Crippen molar-refractivity contribution in [3.63, 3.8) is 0 Å². The molecule has 16 heavy (non-hydrogen) atoms. The summed E-state index contributed by atoms with van der Waals surface area (Å²) in [7, 11) is 0. The summed E-state index contributed by atoms with van der Waals surface area (Å²) in [5, 5.41) is 10.4. The van der Waals surface area contributed by atoms with Gasteiger partial charge in [-0.1, -0.05) is 40.0 Å². The van der Waals surface area contributed by atoms with E-state index in [1.165, 1.54) is 32.1 Å². The van der Waals surface area contributed by atoms with Gasteiger partial charge in [0.15, 0.2) is 0 Å². The summed E-state index contributed by atoms with van der Waals surface area (Å²) in [5.74, 6) is 0.996. The molecule has 1 spiro atoms. The molecule has 3 aliphatic rings. The number of hydrogen-bond acceptors (Lipinski definition) is 2. The molecule has 2 aliphatic carbocycles. The fraction of sp³-hybridized carbons (Fsp3) is 1.00. The second kappa shape index (κ2) is 3.23. The third kappa shape index (κ3) is 1.10.